The van der Waals surface area contributed by atoms with E-state index in [0.717, 1.165) is 0 Å². The van der Waals surface area contributed by atoms with Crippen LogP contribution in [0.25, 0.3) is 0 Å². The Hall–Kier alpha value is -1.31. The number of amides is 1. The molecule has 1 aromatic heterocycles. The van der Waals surface area contributed by atoms with Gasteiger partial charge in [0.2, 0.25) is 5.91 Å². The number of ketones is 1. The summed E-state index contributed by atoms with van der Waals surface area (Å²) in [6, 6.07) is 0. The molecular formula is C10H15N3O3S. The fraction of sp³-hybridized carbons (Fsp3) is 0.500. The highest BCUT2D eigenvalue weighted by molar-refractivity contribution is 7.14. The van der Waals surface area contributed by atoms with Crippen molar-refractivity contribution in [2.45, 2.75) is 6.92 Å². The van der Waals surface area contributed by atoms with Crippen molar-refractivity contribution in [1.29, 1.82) is 0 Å². The second-order valence-electron chi connectivity index (χ2n) is 3.31. The number of anilines is 1. The number of ether oxygens (including phenoxy) is 1. The maximum Gasteiger partial charge on any atom is 0.240 e. The summed E-state index contributed by atoms with van der Waals surface area (Å²) in [5.41, 5.74) is 0.373. The molecule has 0 radical (unpaired) electrons. The molecule has 0 unspecified atom stereocenters. The summed E-state index contributed by atoms with van der Waals surface area (Å²) in [6.07, 6.45) is 0. The molecule has 0 aliphatic heterocycles. The van der Waals surface area contributed by atoms with E-state index in [1.54, 1.807) is 12.5 Å². The van der Waals surface area contributed by atoms with E-state index in [1.807, 2.05) is 0 Å². The zero-order chi connectivity index (χ0) is 12.7. The first-order valence-electron chi connectivity index (χ1n) is 5.09. The average Bonchev–Trinajstić information content (AvgIpc) is 2.73. The molecule has 7 heteroatoms. The molecule has 0 saturated heterocycles. The predicted molar refractivity (Wildman–Crippen MR) is 65.5 cm³/mol. The number of aromatic nitrogens is 1. The number of hydrogen-bond acceptors (Lipinski definition) is 6. The smallest absolute Gasteiger partial charge is 0.240 e. The van der Waals surface area contributed by atoms with E-state index in [9.17, 15) is 9.59 Å². The van der Waals surface area contributed by atoms with Gasteiger partial charge in [-0.15, -0.1) is 11.3 Å². The second kappa shape index (κ2) is 7.10. The van der Waals surface area contributed by atoms with E-state index in [2.05, 4.69) is 15.6 Å². The molecule has 0 saturated carbocycles. The van der Waals surface area contributed by atoms with Crippen LogP contribution in [0.15, 0.2) is 5.38 Å². The summed E-state index contributed by atoms with van der Waals surface area (Å²) in [4.78, 5) is 26.4. The highest BCUT2D eigenvalue weighted by Crippen LogP contribution is 2.15. The summed E-state index contributed by atoms with van der Waals surface area (Å²) in [7, 11) is 1.60. The van der Waals surface area contributed by atoms with Crippen LogP contribution in [-0.2, 0) is 9.53 Å². The molecular weight excluding hydrogens is 242 g/mol. The minimum Gasteiger partial charge on any atom is -0.383 e. The van der Waals surface area contributed by atoms with Gasteiger partial charge in [-0.3, -0.25) is 9.59 Å². The van der Waals surface area contributed by atoms with Gasteiger partial charge in [-0.25, -0.2) is 4.98 Å². The Morgan fingerprint density at radius 2 is 2.29 bits per heavy atom. The van der Waals surface area contributed by atoms with Gasteiger partial charge in [0.1, 0.15) is 5.69 Å². The number of rotatable bonds is 7. The van der Waals surface area contributed by atoms with E-state index < -0.39 is 0 Å². The number of thiazole rings is 1. The van der Waals surface area contributed by atoms with Gasteiger partial charge in [0.15, 0.2) is 10.9 Å². The van der Waals surface area contributed by atoms with E-state index in [4.69, 9.17) is 4.74 Å². The van der Waals surface area contributed by atoms with Crippen molar-refractivity contribution in [2.75, 3.05) is 32.1 Å². The molecule has 1 heterocycles. The van der Waals surface area contributed by atoms with Gasteiger partial charge in [-0.05, 0) is 0 Å². The van der Waals surface area contributed by atoms with Crippen molar-refractivity contribution in [2.24, 2.45) is 0 Å². The SMILES string of the molecule is COCCNCC(=O)Nc1nc(C(C)=O)cs1. The Balaban J connectivity index is 2.32. The van der Waals surface area contributed by atoms with Crippen LogP contribution in [0.5, 0.6) is 0 Å². The second-order valence-corrected chi connectivity index (χ2v) is 4.17. The first kappa shape index (κ1) is 13.8. The van der Waals surface area contributed by atoms with Crippen LogP contribution >= 0.6 is 11.3 Å². The van der Waals surface area contributed by atoms with Gasteiger partial charge in [-0.1, -0.05) is 0 Å². The molecule has 0 bridgehead atoms. The Bertz CT molecular complexity index is 392. The largest absolute Gasteiger partial charge is 0.383 e. The molecule has 0 atom stereocenters. The summed E-state index contributed by atoms with van der Waals surface area (Å²) >= 11 is 1.23. The number of carbonyl (C=O) groups is 2. The van der Waals surface area contributed by atoms with E-state index in [1.165, 1.54) is 18.3 Å². The quantitative estimate of drug-likeness (QED) is 0.550. The Kier molecular flexibility index (Phi) is 5.75. The summed E-state index contributed by atoms with van der Waals surface area (Å²) in [5, 5.41) is 7.58. The molecule has 0 aliphatic rings. The van der Waals surface area contributed by atoms with Crippen molar-refractivity contribution in [3.05, 3.63) is 11.1 Å². The van der Waals surface area contributed by atoms with E-state index in [-0.39, 0.29) is 18.2 Å². The molecule has 0 aromatic carbocycles. The lowest BCUT2D eigenvalue weighted by molar-refractivity contribution is -0.115. The van der Waals surface area contributed by atoms with Crippen LogP contribution in [0, 0.1) is 0 Å². The molecule has 0 aliphatic carbocycles. The zero-order valence-electron chi connectivity index (χ0n) is 9.78. The molecule has 0 spiro atoms. The fourth-order valence-corrected chi connectivity index (χ4v) is 1.80. The monoisotopic (exact) mass is 257 g/mol. The van der Waals surface area contributed by atoms with Gasteiger partial charge in [0, 0.05) is 26.0 Å². The third-order valence-corrected chi connectivity index (χ3v) is 2.64. The first-order valence-corrected chi connectivity index (χ1v) is 5.97. The predicted octanol–water partition coefficient (Wildman–Crippen LogP) is 0.520. The van der Waals surface area contributed by atoms with Crippen molar-refractivity contribution < 1.29 is 14.3 Å². The number of methoxy groups -OCH3 is 1. The molecule has 2 N–H and O–H groups in total. The molecule has 6 nitrogen and oxygen atoms in total. The molecule has 1 rings (SSSR count). The zero-order valence-corrected chi connectivity index (χ0v) is 10.6. The highest BCUT2D eigenvalue weighted by atomic mass is 32.1. The van der Waals surface area contributed by atoms with Crippen molar-refractivity contribution in [3.63, 3.8) is 0 Å². The highest BCUT2D eigenvalue weighted by Gasteiger charge is 2.08. The van der Waals surface area contributed by atoms with Crippen LogP contribution < -0.4 is 10.6 Å². The van der Waals surface area contributed by atoms with Crippen LogP contribution in [0.1, 0.15) is 17.4 Å². The molecule has 1 aromatic rings. The fourth-order valence-electron chi connectivity index (χ4n) is 1.03. The van der Waals surface area contributed by atoms with Crippen molar-refractivity contribution in [1.82, 2.24) is 10.3 Å². The minimum atomic E-state index is -0.189. The maximum absolute atomic E-state index is 11.4. The summed E-state index contributed by atoms with van der Waals surface area (Å²) < 4.78 is 4.83. The molecule has 17 heavy (non-hydrogen) atoms. The number of hydrogen-bond donors (Lipinski definition) is 2. The van der Waals surface area contributed by atoms with Gasteiger partial charge < -0.3 is 15.4 Å². The number of nitrogens with zero attached hydrogens (tertiary/aromatic N) is 1. The Morgan fingerprint density at radius 1 is 1.53 bits per heavy atom. The molecule has 0 fully saturated rings. The van der Waals surface area contributed by atoms with Crippen molar-refractivity contribution >= 4 is 28.2 Å². The van der Waals surface area contributed by atoms with Crippen molar-refractivity contribution in [3.8, 4) is 0 Å². The number of carbonyl (C=O) groups excluding carboxylic acids is 2. The van der Waals surface area contributed by atoms with Crippen LogP contribution in [0.3, 0.4) is 0 Å². The lowest BCUT2D eigenvalue weighted by Gasteiger charge is -2.03. The number of Topliss-reactive ketones (excluding diaryl/α,β-unsaturated/α-hetero) is 1. The summed E-state index contributed by atoms with van der Waals surface area (Å²) in [5.74, 6) is -0.300. The average molecular weight is 257 g/mol. The Morgan fingerprint density at radius 3 is 2.88 bits per heavy atom. The van der Waals surface area contributed by atoms with Gasteiger partial charge >= 0.3 is 0 Å². The van der Waals surface area contributed by atoms with E-state index >= 15 is 0 Å². The van der Waals surface area contributed by atoms with Gasteiger partial charge in [-0.2, -0.15) is 0 Å². The lowest BCUT2D eigenvalue weighted by Crippen LogP contribution is -2.30. The molecule has 1 amide bonds. The normalized spacial score (nSPS) is 10.2. The lowest BCUT2D eigenvalue weighted by atomic mass is 10.4. The first-order chi connectivity index (χ1) is 8.13. The van der Waals surface area contributed by atoms with Crippen LogP contribution in [0.4, 0.5) is 5.13 Å². The third-order valence-electron chi connectivity index (χ3n) is 1.88. The standard InChI is InChI=1S/C10H15N3O3S/c1-7(14)8-6-17-10(12-8)13-9(15)5-11-3-4-16-2/h6,11H,3-5H2,1-2H3,(H,12,13,15). The summed E-state index contributed by atoms with van der Waals surface area (Å²) in [6.45, 7) is 2.80. The van der Waals surface area contributed by atoms with E-state index in [0.29, 0.717) is 24.0 Å². The Labute approximate surface area is 103 Å². The third kappa shape index (κ3) is 5.03. The van der Waals surface area contributed by atoms with Crippen LogP contribution in [-0.4, -0.2) is 43.5 Å². The van der Waals surface area contributed by atoms with Crippen LogP contribution in [0.2, 0.25) is 0 Å². The minimum absolute atomic E-state index is 0.111. The molecule has 94 valence electrons. The topological polar surface area (TPSA) is 80.3 Å². The number of nitrogens with one attached hydrogen (secondary N) is 2. The van der Waals surface area contributed by atoms with Gasteiger partial charge in [0.25, 0.3) is 0 Å². The maximum atomic E-state index is 11.4. The van der Waals surface area contributed by atoms with Gasteiger partial charge in [0.05, 0.1) is 13.2 Å².